The lowest BCUT2D eigenvalue weighted by atomic mass is 9.97. The quantitative estimate of drug-likeness (QED) is 0.573. The van der Waals surface area contributed by atoms with Gasteiger partial charge in [-0.15, -0.1) is 4.40 Å². The molecule has 0 bridgehead atoms. The number of carbonyl (C=O) groups excluding carboxylic acids is 1. The second kappa shape index (κ2) is 7.62. The highest BCUT2D eigenvalue weighted by Gasteiger charge is 2.36. The molecule has 2 aliphatic heterocycles. The topological polar surface area (TPSA) is 76.0 Å². The molecule has 27 heavy (non-hydrogen) atoms. The maximum absolute atomic E-state index is 12.7. The van der Waals surface area contributed by atoms with E-state index in [9.17, 15) is 13.2 Å². The van der Waals surface area contributed by atoms with Crippen molar-refractivity contribution in [3.8, 4) is 0 Å². The molecular formula is C20H26N2O4S. The SMILES string of the molecule is O=C(OC1CCCCCC1)[C@H]1CCCN(C2=NS(=O)(=O)c3ccccc32)C1. The van der Waals surface area contributed by atoms with Crippen LogP contribution in [-0.4, -0.2) is 44.3 Å². The summed E-state index contributed by atoms with van der Waals surface area (Å²) in [5, 5.41) is 0. The number of hydrogen-bond acceptors (Lipinski definition) is 5. The molecule has 2 heterocycles. The minimum atomic E-state index is -3.64. The summed E-state index contributed by atoms with van der Waals surface area (Å²) < 4.78 is 34.4. The van der Waals surface area contributed by atoms with Crippen molar-refractivity contribution in [2.45, 2.75) is 62.4 Å². The molecule has 3 aliphatic rings. The maximum Gasteiger partial charge on any atom is 0.311 e. The summed E-state index contributed by atoms with van der Waals surface area (Å²) in [6.45, 7) is 1.17. The highest BCUT2D eigenvalue weighted by atomic mass is 32.2. The number of piperidine rings is 1. The predicted molar refractivity (Wildman–Crippen MR) is 102 cm³/mol. The van der Waals surface area contributed by atoms with Gasteiger partial charge in [0.25, 0.3) is 10.0 Å². The molecule has 1 aromatic rings. The van der Waals surface area contributed by atoms with E-state index in [0.717, 1.165) is 38.5 Å². The molecule has 146 valence electrons. The van der Waals surface area contributed by atoms with Gasteiger partial charge in [0.15, 0.2) is 5.84 Å². The summed E-state index contributed by atoms with van der Waals surface area (Å²) >= 11 is 0. The van der Waals surface area contributed by atoms with Crippen molar-refractivity contribution in [3.05, 3.63) is 29.8 Å². The Balaban J connectivity index is 1.46. The van der Waals surface area contributed by atoms with Gasteiger partial charge in [-0.25, -0.2) is 0 Å². The van der Waals surface area contributed by atoms with Crippen molar-refractivity contribution in [3.63, 3.8) is 0 Å². The minimum Gasteiger partial charge on any atom is -0.462 e. The lowest BCUT2D eigenvalue weighted by molar-refractivity contribution is -0.156. The third kappa shape index (κ3) is 3.88. The van der Waals surface area contributed by atoms with Gasteiger partial charge in [-0.1, -0.05) is 25.0 Å². The number of hydrogen-bond donors (Lipinski definition) is 0. The molecule has 0 N–H and O–H groups in total. The van der Waals surface area contributed by atoms with E-state index in [0.29, 0.717) is 24.5 Å². The average molecular weight is 391 g/mol. The van der Waals surface area contributed by atoms with Crippen LogP contribution >= 0.6 is 0 Å². The van der Waals surface area contributed by atoms with Gasteiger partial charge in [0, 0.05) is 18.7 Å². The number of esters is 1. The number of nitrogens with zero attached hydrogens (tertiary/aromatic N) is 2. The Kier molecular flexibility index (Phi) is 5.21. The summed E-state index contributed by atoms with van der Waals surface area (Å²) in [6.07, 6.45) is 8.26. The third-order valence-electron chi connectivity index (χ3n) is 5.75. The number of carbonyl (C=O) groups is 1. The normalized spacial score (nSPS) is 25.4. The lowest BCUT2D eigenvalue weighted by Crippen LogP contribution is -2.43. The van der Waals surface area contributed by atoms with Gasteiger partial charge in [-0.3, -0.25) is 4.79 Å². The molecule has 6 nitrogen and oxygen atoms in total. The number of ether oxygens (including phenoxy) is 1. The Morgan fingerprint density at radius 3 is 2.56 bits per heavy atom. The van der Waals surface area contributed by atoms with Crippen molar-refractivity contribution in [2.75, 3.05) is 13.1 Å². The smallest absolute Gasteiger partial charge is 0.311 e. The molecule has 1 saturated carbocycles. The first-order valence-corrected chi connectivity index (χ1v) is 11.4. The monoisotopic (exact) mass is 390 g/mol. The van der Waals surface area contributed by atoms with Crippen molar-refractivity contribution >= 4 is 21.8 Å². The van der Waals surface area contributed by atoms with Crippen LogP contribution in [0.15, 0.2) is 33.6 Å². The Morgan fingerprint density at radius 2 is 1.78 bits per heavy atom. The molecule has 2 fully saturated rings. The van der Waals surface area contributed by atoms with Crippen LogP contribution in [0.4, 0.5) is 0 Å². The van der Waals surface area contributed by atoms with Crippen molar-refractivity contribution in [1.82, 2.24) is 4.90 Å². The molecule has 0 amide bonds. The number of likely N-dealkylation sites (tertiary alicyclic amines) is 1. The van der Waals surface area contributed by atoms with Crippen LogP contribution in [0.25, 0.3) is 0 Å². The lowest BCUT2D eigenvalue weighted by Gasteiger charge is -2.33. The molecular weight excluding hydrogens is 364 g/mol. The molecule has 0 aromatic heterocycles. The van der Waals surface area contributed by atoms with Crippen LogP contribution < -0.4 is 0 Å². The Labute approximate surface area is 160 Å². The first-order valence-electron chi connectivity index (χ1n) is 9.94. The van der Waals surface area contributed by atoms with Crippen LogP contribution in [0, 0.1) is 5.92 Å². The second-order valence-electron chi connectivity index (χ2n) is 7.72. The highest BCUT2D eigenvalue weighted by Crippen LogP contribution is 2.30. The van der Waals surface area contributed by atoms with E-state index in [2.05, 4.69) is 4.40 Å². The highest BCUT2D eigenvalue weighted by molar-refractivity contribution is 7.90. The number of benzene rings is 1. The van der Waals surface area contributed by atoms with Crippen molar-refractivity contribution in [2.24, 2.45) is 10.3 Å². The van der Waals surface area contributed by atoms with E-state index in [1.807, 2.05) is 11.0 Å². The largest absolute Gasteiger partial charge is 0.462 e. The molecule has 1 aromatic carbocycles. The molecule has 0 unspecified atom stereocenters. The summed E-state index contributed by atoms with van der Waals surface area (Å²) in [7, 11) is -3.64. The van der Waals surface area contributed by atoms with Crippen LogP contribution in [0.3, 0.4) is 0 Å². The fraction of sp³-hybridized carbons (Fsp3) is 0.600. The Hall–Kier alpha value is -1.89. The second-order valence-corrected chi connectivity index (χ2v) is 9.29. The summed E-state index contributed by atoms with van der Waals surface area (Å²) in [6, 6.07) is 6.89. The first kappa shape index (κ1) is 18.5. The zero-order valence-corrected chi connectivity index (χ0v) is 16.3. The predicted octanol–water partition coefficient (Wildman–Crippen LogP) is 3.11. The van der Waals surface area contributed by atoms with Crippen LogP contribution in [0.5, 0.6) is 0 Å². The molecule has 1 atom stereocenters. The summed E-state index contributed by atoms with van der Waals surface area (Å²) in [5.74, 6) is 0.110. The van der Waals surface area contributed by atoms with Gasteiger partial charge < -0.3 is 9.64 Å². The molecule has 1 aliphatic carbocycles. The maximum atomic E-state index is 12.7. The Bertz CT molecular complexity index is 841. The Morgan fingerprint density at radius 1 is 1.04 bits per heavy atom. The van der Waals surface area contributed by atoms with E-state index in [-0.39, 0.29) is 22.9 Å². The van der Waals surface area contributed by atoms with Crippen LogP contribution in [0.1, 0.15) is 56.9 Å². The summed E-state index contributed by atoms with van der Waals surface area (Å²) in [5.41, 5.74) is 0.635. The van der Waals surface area contributed by atoms with Gasteiger partial charge in [-0.05, 0) is 50.7 Å². The van der Waals surface area contributed by atoms with E-state index in [4.69, 9.17) is 4.74 Å². The fourth-order valence-electron chi connectivity index (χ4n) is 4.30. The van der Waals surface area contributed by atoms with Gasteiger partial charge >= 0.3 is 5.97 Å². The van der Waals surface area contributed by atoms with E-state index in [1.165, 1.54) is 12.8 Å². The number of rotatable bonds is 2. The summed E-state index contributed by atoms with van der Waals surface area (Å²) in [4.78, 5) is 14.9. The van der Waals surface area contributed by atoms with Gasteiger partial charge in [0.2, 0.25) is 0 Å². The molecule has 0 radical (unpaired) electrons. The molecule has 0 spiro atoms. The minimum absolute atomic E-state index is 0.0419. The van der Waals surface area contributed by atoms with Gasteiger partial charge in [0.1, 0.15) is 11.0 Å². The zero-order valence-electron chi connectivity index (χ0n) is 15.5. The number of fused-ring (bicyclic) bond motifs is 1. The fourth-order valence-corrected chi connectivity index (χ4v) is 5.53. The number of amidine groups is 1. The van der Waals surface area contributed by atoms with Crippen molar-refractivity contribution < 1.29 is 17.9 Å². The third-order valence-corrected chi connectivity index (χ3v) is 7.08. The van der Waals surface area contributed by atoms with Gasteiger partial charge in [0.05, 0.1) is 5.92 Å². The zero-order chi connectivity index (χ0) is 18.9. The van der Waals surface area contributed by atoms with Gasteiger partial charge in [-0.2, -0.15) is 8.42 Å². The molecule has 4 rings (SSSR count). The van der Waals surface area contributed by atoms with Crippen LogP contribution in [0.2, 0.25) is 0 Å². The van der Waals surface area contributed by atoms with E-state index < -0.39 is 10.0 Å². The van der Waals surface area contributed by atoms with E-state index in [1.54, 1.807) is 18.2 Å². The van der Waals surface area contributed by atoms with E-state index >= 15 is 0 Å². The van der Waals surface area contributed by atoms with Crippen LogP contribution in [-0.2, 0) is 19.6 Å². The number of sulfonamides is 1. The van der Waals surface area contributed by atoms with Crippen molar-refractivity contribution in [1.29, 1.82) is 0 Å². The molecule has 1 saturated heterocycles. The standard InChI is InChI=1S/C20H26N2O4S/c23-20(26-16-9-3-1-2-4-10-16)15-8-7-13-22(14-15)19-17-11-5-6-12-18(17)27(24,25)21-19/h5-6,11-12,15-16H,1-4,7-10,13-14H2/t15-/m0/s1. The first-order chi connectivity index (χ1) is 13.0. The average Bonchev–Trinajstić information content (AvgIpc) is 2.82. The molecule has 7 heteroatoms.